The van der Waals surface area contributed by atoms with Gasteiger partial charge in [-0.1, -0.05) is 0 Å². The van der Waals surface area contributed by atoms with Crippen LogP contribution < -0.4 is 5.32 Å². The van der Waals surface area contributed by atoms with Gasteiger partial charge in [0.2, 0.25) is 0 Å². The van der Waals surface area contributed by atoms with Gasteiger partial charge in [-0.15, -0.1) is 11.3 Å². The number of aliphatic hydroxyl groups is 1. The first-order valence-electron chi connectivity index (χ1n) is 5.59. The molecule has 0 aliphatic heterocycles. The van der Waals surface area contributed by atoms with Crippen LogP contribution in [0, 0.1) is 0 Å². The van der Waals surface area contributed by atoms with Gasteiger partial charge in [0.1, 0.15) is 0 Å². The molecule has 0 aliphatic rings. The van der Waals surface area contributed by atoms with Crippen molar-refractivity contribution in [3.8, 4) is 0 Å². The topological polar surface area (TPSA) is 63.6 Å². The van der Waals surface area contributed by atoms with Gasteiger partial charge in [0, 0.05) is 31.3 Å². The highest BCUT2D eigenvalue weighted by Gasteiger charge is 2.07. The molecule has 0 fully saturated rings. The number of methoxy groups -OCH3 is 1. The van der Waals surface area contributed by atoms with Crippen molar-refractivity contribution in [1.82, 2.24) is 10.3 Å². The minimum absolute atomic E-state index is 0.0103. The highest BCUT2D eigenvalue weighted by molar-refractivity contribution is 7.09. The fraction of sp³-hybridized carbons (Fsp3) is 0.727. The third-order valence-corrected chi connectivity index (χ3v) is 2.92. The van der Waals surface area contributed by atoms with Gasteiger partial charge >= 0.3 is 0 Å². The first-order valence-corrected chi connectivity index (χ1v) is 6.47. The van der Waals surface area contributed by atoms with Gasteiger partial charge in [-0.25, -0.2) is 0 Å². The molecule has 0 saturated carbocycles. The summed E-state index contributed by atoms with van der Waals surface area (Å²) in [6, 6.07) is 0. The largest absolute Gasteiger partial charge is 0.389 e. The summed E-state index contributed by atoms with van der Waals surface area (Å²) in [6.45, 7) is 4.02. The Bertz CT molecular complexity index is 282. The summed E-state index contributed by atoms with van der Waals surface area (Å²) in [5.74, 6) is 0. The Morgan fingerprint density at radius 3 is 3.00 bits per heavy atom. The van der Waals surface area contributed by atoms with Crippen LogP contribution in [0.2, 0.25) is 0 Å². The molecule has 0 radical (unpaired) electrons. The summed E-state index contributed by atoms with van der Waals surface area (Å²) in [5, 5.41) is 12.8. The molecule has 0 aliphatic carbocycles. The van der Waals surface area contributed by atoms with Crippen molar-refractivity contribution < 1.29 is 14.6 Å². The lowest BCUT2D eigenvalue weighted by Crippen LogP contribution is -2.32. The first kappa shape index (κ1) is 14.5. The zero-order chi connectivity index (χ0) is 12.5. The molecule has 98 valence electrons. The van der Waals surface area contributed by atoms with E-state index in [9.17, 15) is 5.11 Å². The van der Waals surface area contributed by atoms with Crippen molar-refractivity contribution in [3.05, 3.63) is 16.6 Å². The van der Waals surface area contributed by atoms with Crippen LogP contribution in [0.5, 0.6) is 0 Å². The van der Waals surface area contributed by atoms with E-state index in [1.54, 1.807) is 24.0 Å². The van der Waals surface area contributed by atoms with E-state index in [0.29, 0.717) is 19.8 Å². The summed E-state index contributed by atoms with van der Waals surface area (Å²) in [6.07, 6.45) is 1.33. The summed E-state index contributed by atoms with van der Waals surface area (Å²) < 4.78 is 10.3. The van der Waals surface area contributed by atoms with E-state index >= 15 is 0 Å². The van der Waals surface area contributed by atoms with Crippen LogP contribution in [0.3, 0.4) is 0 Å². The van der Waals surface area contributed by atoms with Crippen LogP contribution in [0.15, 0.2) is 11.7 Å². The molecule has 2 N–H and O–H groups in total. The fourth-order valence-corrected chi connectivity index (χ4v) is 1.87. The molecule has 1 rings (SSSR count). The molecule has 0 saturated heterocycles. The molecule has 17 heavy (non-hydrogen) atoms. The van der Waals surface area contributed by atoms with Crippen molar-refractivity contribution >= 4 is 11.3 Å². The molecule has 2 unspecified atom stereocenters. The van der Waals surface area contributed by atoms with Crippen molar-refractivity contribution in [2.24, 2.45) is 0 Å². The maximum Gasteiger partial charge on any atom is 0.0897 e. The van der Waals surface area contributed by atoms with Crippen LogP contribution in [-0.4, -0.2) is 49.2 Å². The van der Waals surface area contributed by atoms with Crippen LogP contribution in [0.25, 0.3) is 0 Å². The van der Waals surface area contributed by atoms with Crippen LogP contribution in [-0.2, 0) is 16.0 Å². The number of hydrogen-bond donors (Lipinski definition) is 2. The quantitative estimate of drug-likeness (QED) is 0.682. The predicted octanol–water partition coefficient (Wildman–Crippen LogP) is 0.645. The van der Waals surface area contributed by atoms with Crippen LogP contribution in [0.4, 0.5) is 0 Å². The maximum absolute atomic E-state index is 9.65. The van der Waals surface area contributed by atoms with Crippen molar-refractivity contribution in [1.29, 1.82) is 0 Å². The molecule has 0 bridgehead atoms. The number of aliphatic hydroxyl groups excluding tert-OH is 1. The second-order valence-corrected chi connectivity index (χ2v) is 4.82. The minimum Gasteiger partial charge on any atom is -0.389 e. The number of rotatable bonds is 9. The normalized spacial score (nSPS) is 14.8. The number of nitrogens with one attached hydrogen (secondary N) is 1. The van der Waals surface area contributed by atoms with E-state index in [1.807, 2.05) is 13.1 Å². The molecule has 0 spiro atoms. The van der Waals surface area contributed by atoms with Gasteiger partial charge in [-0.3, -0.25) is 4.98 Å². The zero-order valence-corrected chi connectivity index (χ0v) is 11.1. The van der Waals surface area contributed by atoms with E-state index in [-0.39, 0.29) is 6.10 Å². The molecule has 1 aromatic heterocycles. The third kappa shape index (κ3) is 6.70. The number of hydrogen-bond acceptors (Lipinski definition) is 6. The third-order valence-electron chi connectivity index (χ3n) is 2.14. The number of thiazole rings is 1. The van der Waals surface area contributed by atoms with Crippen molar-refractivity contribution in [3.63, 3.8) is 0 Å². The number of ether oxygens (including phenoxy) is 2. The van der Waals surface area contributed by atoms with Gasteiger partial charge in [0.05, 0.1) is 30.9 Å². The molecular formula is C11H20N2O3S. The molecule has 1 aromatic rings. The maximum atomic E-state index is 9.65. The number of aromatic nitrogens is 1. The highest BCUT2D eigenvalue weighted by atomic mass is 32.1. The lowest BCUT2D eigenvalue weighted by atomic mass is 10.3. The molecule has 2 atom stereocenters. The Kier molecular flexibility index (Phi) is 7.30. The lowest BCUT2D eigenvalue weighted by molar-refractivity contribution is -0.0311. The Morgan fingerprint density at radius 2 is 2.35 bits per heavy atom. The second kappa shape index (κ2) is 8.54. The van der Waals surface area contributed by atoms with Gasteiger partial charge in [0.15, 0.2) is 0 Å². The van der Waals surface area contributed by atoms with E-state index in [0.717, 1.165) is 11.4 Å². The van der Waals surface area contributed by atoms with Gasteiger partial charge in [0.25, 0.3) is 0 Å². The SMILES string of the molecule is COCC(C)OCC(O)CNCc1cncs1. The van der Waals surface area contributed by atoms with E-state index in [2.05, 4.69) is 10.3 Å². The Labute approximate surface area is 106 Å². The molecule has 6 heteroatoms. The molecule has 0 amide bonds. The van der Waals surface area contributed by atoms with Crippen LogP contribution >= 0.6 is 11.3 Å². The summed E-state index contributed by atoms with van der Waals surface area (Å²) in [7, 11) is 1.63. The molecule has 1 heterocycles. The smallest absolute Gasteiger partial charge is 0.0897 e. The number of nitrogens with zero attached hydrogens (tertiary/aromatic N) is 1. The average Bonchev–Trinajstić information content (AvgIpc) is 2.80. The standard InChI is InChI=1S/C11H20N2O3S/c1-9(6-15-2)16-7-10(14)3-12-4-11-5-13-8-17-11/h5,8-10,12,14H,3-4,6-7H2,1-2H3. The summed E-state index contributed by atoms with van der Waals surface area (Å²) in [5.41, 5.74) is 1.79. The lowest BCUT2D eigenvalue weighted by Gasteiger charge is -2.16. The molecular weight excluding hydrogens is 240 g/mol. The predicted molar refractivity (Wildman–Crippen MR) is 67.1 cm³/mol. The second-order valence-electron chi connectivity index (χ2n) is 3.85. The van der Waals surface area contributed by atoms with Crippen molar-refractivity contribution in [2.45, 2.75) is 25.7 Å². The summed E-state index contributed by atoms with van der Waals surface area (Å²) >= 11 is 1.60. The Morgan fingerprint density at radius 1 is 1.53 bits per heavy atom. The van der Waals surface area contributed by atoms with Gasteiger partial charge in [-0.2, -0.15) is 0 Å². The minimum atomic E-state index is -0.498. The van der Waals surface area contributed by atoms with E-state index in [1.165, 1.54) is 0 Å². The Balaban J connectivity index is 2.03. The fourth-order valence-electron chi connectivity index (χ4n) is 1.31. The first-order chi connectivity index (χ1) is 8.22. The monoisotopic (exact) mass is 260 g/mol. The van der Waals surface area contributed by atoms with Gasteiger partial charge in [-0.05, 0) is 6.92 Å². The Hall–Kier alpha value is -0.530. The highest BCUT2D eigenvalue weighted by Crippen LogP contribution is 2.04. The molecule has 0 aromatic carbocycles. The van der Waals surface area contributed by atoms with E-state index in [4.69, 9.17) is 9.47 Å². The van der Waals surface area contributed by atoms with Gasteiger partial charge < -0.3 is 19.9 Å². The van der Waals surface area contributed by atoms with E-state index < -0.39 is 6.10 Å². The van der Waals surface area contributed by atoms with Crippen LogP contribution in [0.1, 0.15) is 11.8 Å². The zero-order valence-electron chi connectivity index (χ0n) is 10.3. The average molecular weight is 260 g/mol. The van der Waals surface area contributed by atoms with Crippen molar-refractivity contribution in [2.75, 3.05) is 26.9 Å². The molecule has 5 nitrogen and oxygen atoms in total. The summed E-state index contributed by atoms with van der Waals surface area (Å²) in [4.78, 5) is 5.14.